The van der Waals surface area contributed by atoms with Crippen LogP contribution in [0.3, 0.4) is 0 Å². The first-order valence-corrected chi connectivity index (χ1v) is 12.8. The summed E-state index contributed by atoms with van der Waals surface area (Å²) < 4.78 is 0. The van der Waals surface area contributed by atoms with Gasteiger partial charge in [0.05, 0.1) is 17.8 Å². The summed E-state index contributed by atoms with van der Waals surface area (Å²) in [4.78, 5) is 18.5. The van der Waals surface area contributed by atoms with Crippen molar-refractivity contribution < 1.29 is 9.90 Å². The number of aromatic carboxylic acids is 1. The van der Waals surface area contributed by atoms with Crippen molar-refractivity contribution in [2.24, 2.45) is 0 Å². The lowest BCUT2D eigenvalue weighted by molar-refractivity contribution is 0.0697. The van der Waals surface area contributed by atoms with Crippen LogP contribution in [0.5, 0.6) is 0 Å². The normalized spacial score (nSPS) is 11.7. The Morgan fingerprint density at radius 3 is 2.44 bits per heavy atom. The first-order chi connectivity index (χ1) is 17.5. The second-order valence-electron chi connectivity index (χ2n) is 8.79. The van der Waals surface area contributed by atoms with E-state index in [1.165, 1.54) is 27.8 Å². The molecule has 36 heavy (non-hydrogen) atoms. The highest BCUT2D eigenvalue weighted by molar-refractivity contribution is 7.14. The molecule has 0 amide bonds. The van der Waals surface area contributed by atoms with Gasteiger partial charge in [0.1, 0.15) is 0 Å². The Bertz CT molecular complexity index is 1580. The number of hydrogen-bond donors (Lipinski definition) is 1. The summed E-state index contributed by atoms with van der Waals surface area (Å²) in [5.41, 5.74) is 9.50. The van der Waals surface area contributed by atoms with Crippen molar-refractivity contribution in [3.05, 3.63) is 124 Å². The Kier molecular flexibility index (Phi) is 5.80. The van der Waals surface area contributed by atoms with Crippen LogP contribution in [0.15, 0.2) is 96.4 Å². The number of hydrogen-bond acceptors (Lipinski definition) is 4. The van der Waals surface area contributed by atoms with Crippen LogP contribution in [0, 0.1) is 0 Å². The Balaban J connectivity index is 1.36. The number of nitrogens with zero attached hydrogens (tertiary/aromatic N) is 2. The average molecular weight is 509 g/mol. The molecule has 176 valence electrons. The highest BCUT2D eigenvalue weighted by atomic mass is 35.5. The van der Waals surface area contributed by atoms with Gasteiger partial charge in [0, 0.05) is 21.7 Å². The largest absolute Gasteiger partial charge is 0.478 e. The maximum absolute atomic E-state index is 11.4. The SMILES string of the molecule is O=C(O)c1ccc(N(Cc2ccc3c(c2)Cc2ccccc2-3)c2nc(-c3ccc(Cl)cc3)cs2)cc1. The van der Waals surface area contributed by atoms with Gasteiger partial charge in [-0.2, -0.15) is 0 Å². The molecule has 0 unspecified atom stereocenters. The molecule has 0 bridgehead atoms. The van der Waals surface area contributed by atoms with Gasteiger partial charge in [-0.25, -0.2) is 9.78 Å². The molecule has 6 heteroatoms. The first kappa shape index (κ1) is 22.5. The van der Waals surface area contributed by atoms with E-state index in [2.05, 4.69) is 47.4 Å². The Morgan fingerprint density at radius 2 is 1.67 bits per heavy atom. The van der Waals surface area contributed by atoms with E-state index >= 15 is 0 Å². The van der Waals surface area contributed by atoms with E-state index in [1.54, 1.807) is 23.5 Å². The lowest BCUT2D eigenvalue weighted by Crippen LogP contribution is -2.16. The van der Waals surface area contributed by atoms with Crippen molar-refractivity contribution in [3.8, 4) is 22.4 Å². The van der Waals surface area contributed by atoms with Crippen LogP contribution in [-0.4, -0.2) is 16.1 Å². The molecule has 0 radical (unpaired) electrons. The average Bonchev–Trinajstić information content (AvgIpc) is 3.52. The standard InChI is InChI=1S/C30H21ClN2O2S/c31-24-10-6-20(7-11-24)28-18-36-30(32-28)33(25-12-8-21(9-13-25)29(34)35)17-19-5-14-27-23(15-19)16-22-3-1-2-4-26(22)27/h1-15,18H,16-17H2,(H,34,35). The second kappa shape index (κ2) is 9.26. The van der Waals surface area contributed by atoms with Crippen molar-refractivity contribution in [2.75, 3.05) is 4.90 Å². The summed E-state index contributed by atoms with van der Waals surface area (Å²) in [5, 5.41) is 12.9. The quantitative estimate of drug-likeness (QED) is 0.247. The third-order valence-electron chi connectivity index (χ3n) is 6.49. The molecular weight excluding hydrogens is 488 g/mol. The number of carboxylic acids is 1. The highest BCUT2D eigenvalue weighted by Gasteiger charge is 2.20. The zero-order valence-corrected chi connectivity index (χ0v) is 20.8. The maximum atomic E-state index is 11.4. The van der Waals surface area contributed by atoms with Crippen LogP contribution in [0.25, 0.3) is 22.4 Å². The minimum absolute atomic E-state index is 0.259. The topological polar surface area (TPSA) is 53.4 Å². The molecule has 0 saturated carbocycles. The van der Waals surface area contributed by atoms with Crippen LogP contribution in [-0.2, 0) is 13.0 Å². The Hall–Kier alpha value is -3.93. The van der Waals surface area contributed by atoms with Gasteiger partial charge in [-0.1, -0.05) is 66.2 Å². The van der Waals surface area contributed by atoms with Gasteiger partial charge in [-0.05, 0) is 70.6 Å². The fourth-order valence-electron chi connectivity index (χ4n) is 4.67. The van der Waals surface area contributed by atoms with Crippen LogP contribution in [0.2, 0.25) is 5.02 Å². The maximum Gasteiger partial charge on any atom is 0.335 e. The molecule has 0 saturated heterocycles. The van der Waals surface area contributed by atoms with Crippen molar-refractivity contribution in [3.63, 3.8) is 0 Å². The number of benzene rings is 4. The number of carboxylic acid groups (broad SMARTS) is 1. The van der Waals surface area contributed by atoms with Crippen molar-refractivity contribution in [1.82, 2.24) is 4.98 Å². The van der Waals surface area contributed by atoms with Crippen LogP contribution < -0.4 is 4.90 Å². The van der Waals surface area contributed by atoms with E-state index in [-0.39, 0.29) is 5.56 Å². The summed E-state index contributed by atoms with van der Waals surface area (Å²) in [5.74, 6) is -0.939. The molecule has 0 spiro atoms. The van der Waals surface area contributed by atoms with Crippen molar-refractivity contribution >= 4 is 39.7 Å². The number of thiazole rings is 1. The molecule has 1 aliphatic rings. The fraction of sp³-hybridized carbons (Fsp3) is 0.0667. The molecule has 6 rings (SSSR count). The molecule has 0 aliphatic heterocycles. The van der Waals surface area contributed by atoms with Gasteiger partial charge < -0.3 is 10.0 Å². The van der Waals surface area contributed by atoms with Gasteiger partial charge >= 0.3 is 5.97 Å². The Labute approximate surface area is 218 Å². The van der Waals surface area contributed by atoms with E-state index in [4.69, 9.17) is 16.6 Å². The molecule has 1 aromatic heterocycles. The highest BCUT2D eigenvalue weighted by Crippen LogP contribution is 2.38. The van der Waals surface area contributed by atoms with Crippen LogP contribution >= 0.6 is 22.9 Å². The van der Waals surface area contributed by atoms with E-state index in [0.29, 0.717) is 11.6 Å². The van der Waals surface area contributed by atoms with Gasteiger partial charge in [0.2, 0.25) is 0 Å². The van der Waals surface area contributed by atoms with Gasteiger partial charge in [0.25, 0.3) is 0 Å². The number of carbonyl (C=O) groups is 1. The lowest BCUT2D eigenvalue weighted by atomic mass is 10.0. The van der Waals surface area contributed by atoms with Crippen LogP contribution in [0.1, 0.15) is 27.0 Å². The predicted octanol–water partition coefficient (Wildman–Crippen LogP) is 8.07. The number of fused-ring (bicyclic) bond motifs is 3. The molecule has 4 nitrogen and oxygen atoms in total. The van der Waals surface area contributed by atoms with E-state index < -0.39 is 5.97 Å². The molecule has 1 N–H and O–H groups in total. The minimum Gasteiger partial charge on any atom is -0.478 e. The van der Waals surface area contributed by atoms with Crippen molar-refractivity contribution in [2.45, 2.75) is 13.0 Å². The number of anilines is 2. The number of aromatic nitrogens is 1. The zero-order valence-electron chi connectivity index (χ0n) is 19.2. The minimum atomic E-state index is -0.939. The monoisotopic (exact) mass is 508 g/mol. The second-order valence-corrected chi connectivity index (χ2v) is 10.1. The smallest absolute Gasteiger partial charge is 0.335 e. The molecule has 4 aromatic carbocycles. The molecule has 1 aliphatic carbocycles. The first-order valence-electron chi connectivity index (χ1n) is 11.6. The summed E-state index contributed by atoms with van der Waals surface area (Å²) in [7, 11) is 0. The summed E-state index contributed by atoms with van der Waals surface area (Å²) in [6.45, 7) is 0.615. The molecule has 0 atom stereocenters. The van der Waals surface area contributed by atoms with E-state index in [1.807, 2.05) is 41.8 Å². The summed E-state index contributed by atoms with van der Waals surface area (Å²) >= 11 is 7.62. The third kappa shape index (κ3) is 4.28. The van der Waals surface area contributed by atoms with Crippen LogP contribution in [0.4, 0.5) is 10.8 Å². The number of rotatable bonds is 6. The summed E-state index contributed by atoms with van der Waals surface area (Å²) in [6.07, 6.45) is 0.935. The molecular formula is C30H21ClN2O2S. The molecule has 5 aromatic rings. The van der Waals surface area contributed by atoms with E-state index in [9.17, 15) is 9.90 Å². The number of halogens is 1. The molecule has 1 heterocycles. The van der Waals surface area contributed by atoms with Crippen molar-refractivity contribution in [1.29, 1.82) is 0 Å². The fourth-order valence-corrected chi connectivity index (χ4v) is 5.65. The predicted molar refractivity (Wildman–Crippen MR) is 146 cm³/mol. The van der Waals surface area contributed by atoms with Gasteiger partial charge in [-0.15, -0.1) is 11.3 Å². The van der Waals surface area contributed by atoms with E-state index in [0.717, 1.165) is 28.5 Å². The van der Waals surface area contributed by atoms with Gasteiger partial charge in [0.15, 0.2) is 5.13 Å². The van der Waals surface area contributed by atoms with Gasteiger partial charge in [-0.3, -0.25) is 0 Å². The zero-order chi connectivity index (χ0) is 24.6. The molecule has 0 fully saturated rings. The lowest BCUT2D eigenvalue weighted by Gasteiger charge is -2.23. The third-order valence-corrected chi connectivity index (χ3v) is 7.60. The summed E-state index contributed by atoms with van der Waals surface area (Å²) in [6, 6.07) is 29.8. The Morgan fingerprint density at radius 1 is 0.917 bits per heavy atom.